The highest BCUT2D eigenvalue weighted by atomic mass is 19.1. The van der Waals surface area contributed by atoms with Crippen molar-refractivity contribution < 1.29 is 4.39 Å². The molecule has 1 heterocycles. The van der Waals surface area contributed by atoms with Gasteiger partial charge in [-0.2, -0.15) is 0 Å². The predicted molar refractivity (Wildman–Crippen MR) is 61.6 cm³/mol. The van der Waals surface area contributed by atoms with Gasteiger partial charge in [0.2, 0.25) is 0 Å². The lowest BCUT2D eigenvalue weighted by Gasteiger charge is -2.37. The van der Waals surface area contributed by atoms with Crippen LogP contribution < -0.4 is 11.1 Å². The molecule has 1 unspecified atom stereocenters. The van der Waals surface area contributed by atoms with Gasteiger partial charge in [0, 0.05) is 6.04 Å². The zero-order valence-electron chi connectivity index (χ0n) is 9.30. The molecule has 2 aliphatic rings. The molecule has 1 aromatic rings. The van der Waals surface area contributed by atoms with Gasteiger partial charge >= 0.3 is 0 Å². The van der Waals surface area contributed by atoms with E-state index in [9.17, 15) is 4.39 Å². The van der Waals surface area contributed by atoms with Crippen LogP contribution in [0.25, 0.3) is 0 Å². The molecule has 0 saturated carbocycles. The van der Waals surface area contributed by atoms with Gasteiger partial charge in [-0.15, -0.1) is 0 Å². The molecule has 1 spiro atoms. The second-order valence-electron chi connectivity index (χ2n) is 5.11. The summed E-state index contributed by atoms with van der Waals surface area (Å²) < 4.78 is 13.2. The summed E-state index contributed by atoms with van der Waals surface area (Å²) in [6.07, 6.45) is 3.15. The number of piperidine rings is 1. The van der Waals surface area contributed by atoms with E-state index < -0.39 is 0 Å². The van der Waals surface area contributed by atoms with Gasteiger partial charge in [0.1, 0.15) is 5.82 Å². The van der Waals surface area contributed by atoms with Gasteiger partial charge in [-0.25, -0.2) is 4.39 Å². The fraction of sp³-hybridized carbons (Fsp3) is 0.538. The SMILES string of the molecule is NC1c2ccc(F)cc2CC12CCNCC2. The Labute approximate surface area is 95.0 Å². The van der Waals surface area contributed by atoms with E-state index in [1.807, 2.05) is 6.07 Å². The van der Waals surface area contributed by atoms with Crippen molar-refractivity contribution in [1.82, 2.24) is 5.32 Å². The Morgan fingerprint density at radius 3 is 2.81 bits per heavy atom. The zero-order chi connectivity index (χ0) is 11.2. The first-order chi connectivity index (χ1) is 7.71. The highest BCUT2D eigenvalue weighted by Crippen LogP contribution is 2.49. The number of nitrogens with one attached hydrogen (secondary N) is 1. The Morgan fingerprint density at radius 1 is 1.31 bits per heavy atom. The summed E-state index contributed by atoms with van der Waals surface area (Å²) in [6.45, 7) is 2.06. The minimum Gasteiger partial charge on any atom is -0.323 e. The lowest BCUT2D eigenvalue weighted by Crippen LogP contribution is -2.41. The summed E-state index contributed by atoms with van der Waals surface area (Å²) in [6, 6.07) is 5.14. The minimum atomic E-state index is -0.142. The van der Waals surface area contributed by atoms with Crippen LogP contribution in [0.1, 0.15) is 30.0 Å². The number of rotatable bonds is 0. The Morgan fingerprint density at radius 2 is 2.06 bits per heavy atom. The van der Waals surface area contributed by atoms with Crippen molar-refractivity contribution in [3.05, 3.63) is 35.1 Å². The van der Waals surface area contributed by atoms with Crippen molar-refractivity contribution in [1.29, 1.82) is 0 Å². The molecule has 16 heavy (non-hydrogen) atoms. The zero-order valence-corrected chi connectivity index (χ0v) is 9.30. The molecular weight excluding hydrogens is 203 g/mol. The fourth-order valence-electron chi connectivity index (χ4n) is 3.26. The summed E-state index contributed by atoms with van der Waals surface area (Å²) in [5, 5.41) is 3.36. The quantitative estimate of drug-likeness (QED) is 0.699. The van der Waals surface area contributed by atoms with E-state index in [4.69, 9.17) is 5.73 Å². The lowest BCUT2D eigenvalue weighted by atomic mass is 9.73. The van der Waals surface area contributed by atoms with E-state index >= 15 is 0 Å². The Hall–Kier alpha value is -0.930. The number of hydrogen-bond acceptors (Lipinski definition) is 2. The molecule has 0 radical (unpaired) electrons. The topological polar surface area (TPSA) is 38.0 Å². The first kappa shape index (κ1) is 10.2. The van der Waals surface area contributed by atoms with Gasteiger partial charge < -0.3 is 11.1 Å². The monoisotopic (exact) mass is 220 g/mol. The van der Waals surface area contributed by atoms with Gasteiger partial charge in [0.15, 0.2) is 0 Å². The molecule has 1 aliphatic carbocycles. The average Bonchev–Trinajstić information content (AvgIpc) is 2.53. The van der Waals surface area contributed by atoms with Gasteiger partial charge in [-0.1, -0.05) is 6.07 Å². The third-order valence-electron chi connectivity index (χ3n) is 4.24. The first-order valence-corrected chi connectivity index (χ1v) is 5.96. The summed E-state index contributed by atoms with van der Waals surface area (Å²) >= 11 is 0. The van der Waals surface area contributed by atoms with E-state index in [0.29, 0.717) is 0 Å². The average molecular weight is 220 g/mol. The van der Waals surface area contributed by atoms with E-state index in [-0.39, 0.29) is 17.3 Å². The Bertz CT molecular complexity index is 410. The van der Waals surface area contributed by atoms with Crippen LogP contribution in [0, 0.1) is 11.2 Å². The highest BCUT2D eigenvalue weighted by molar-refractivity contribution is 5.38. The van der Waals surface area contributed by atoms with Crippen molar-refractivity contribution in [2.24, 2.45) is 11.1 Å². The Kier molecular flexibility index (Phi) is 2.26. The molecule has 0 bridgehead atoms. The maximum atomic E-state index is 13.2. The van der Waals surface area contributed by atoms with Crippen molar-refractivity contribution in [2.75, 3.05) is 13.1 Å². The second-order valence-corrected chi connectivity index (χ2v) is 5.11. The van der Waals surface area contributed by atoms with Crippen LogP contribution in [-0.2, 0) is 6.42 Å². The molecule has 3 rings (SSSR count). The molecule has 1 aromatic carbocycles. The first-order valence-electron chi connectivity index (χ1n) is 5.96. The normalized spacial score (nSPS) is 27.0. The van der Waals surface area contributed by atoms with Gasteiger partial charge in [-0.05, 0) is 61.0 Å². The summed E-state index contributed by atoms with van der Waals surface area (Å²) in [5.74, 6) is -0.142. The molecule has 2 nitrogen and oxygen atoms in total. The van der Waals surface area contributed by atoms with Crippen LogP contribution in [0.15, 0.2) is 18.2 Å². The molecule has 3 N–H and O–H groups in total. The van der Waals surface area contributed by atoms with Crippen molar-refractivity contribution >= 4 is 0 Å². The number of fused-ring (bicyclic) bond motifs is 1. The second kappa shape index (κ2) is 3.54. The molecular formula is C13H17FN2. The van der Waals surface area contributed by atoms with Crippen molar-refractivity contribution in [3.63, 3.8) is 0 Å². The smallest absolute Gasteiger partial charge is 0.123 e. The standard InChI is InChI=1S/C13H17FN2/c14-10-1-2-11-9(7-10)8-13(12(11)15)3-5-16-6-4-13/h1-2,7,12,16H,3-6,8,15H2. The Balaban J connectivity index is 1.98. The van der Waals surface area contributed by atoms with E-state index in [1.165, 1.54) is 6.07 Å². The van der Waals surface area contributed by atoms with E-state index in [0.717, 1.165) is 43.5 Å². The molecule has 1 fully saturated rings. The molecule has 3 heteroatoms. The van der Waals surface area contributed by atoms with Gasteiger partial charge in [0.25, 0.3) is 0 Å². The molecule has 1 saturated heterocycles. The number of benzene rings is 1. The highest BCUT2D eigenvalue weighted by Gasteiger charge is 2.44. The summed E-state index contributed by atoms with van der Waals surface area (Å²) in [5.41, 5.74) is 8.81. The molecule has 0 amide bonds. The third kappa shape index (κ3) is 1.39. The predicted octanol–water partition coefficient (Wildman–Crippen LogP) is 1.75. The van der Waals surface area contributed by atoms with E-state index in [1.54, 1.807) is 6.07 Å². The number of hydrogen-bond donors (Lipinski definition) is 2. The van der Waals surface area contributed by atoms with Crippen LogP contribution in [0.3, 0.4) is 0 Å². The molecule has 86 valence electrons. The van der Waals surface area contributed by atoms with Gasteiger partial charge in [0.05, 0.1) is 0 Å². The van der Waals surface area contributed by atoms with Crippen LogP contribution in [-0.4, -0.2) is 13.1 Å². The number of halogens is 1. The van der Waals surface area contributed by atoms with Crippen molar-refractivity contribution in [2.45, 2.75) is 25.3 Å². The third-order valence-corrected chi connectivity index (χ3v) is 4.24. The maximum Gasteiger partial charge on any atom is 0.123 e. The molecule has 1 atom stereocenters. The summed E-state index contributed by atoms with van der Waals surface area (Å²) in [4.78, 5) is 0. The largest absolute Gasteiger partial charge is 0.323 e. The van der Waals surface area contributed by atoms with E-state index in [2.05, 4.69) is 5.32 Å². The molecule has 1 aliphatic heterocycles. The molecule has 0 aromatic heterocycles. The van der Waals surface area contributed by atoms with Crippen molar-refractivity contribution in [3.8, 4) is 0 Å². The maximum absolute atomic E-state index is 13.2. The minimum absolute atomic E-state index is 0.0881. The van der Waals surface area contributed by atoms with Gasteiger partial charge in [-0.3, -0.25) is 0 Å². The summed E-state index contributed by atoms with van der Waals surface area (Å²) in [7, 11) is 0. The van der Waals surface area contributed by atoms with Crippen LogP contribution in [0.2, 0.25) is 0 Å². The van der Waals surface area contributed by atoms with Crippen LogP contribution in [0.4, 0.5) is 4.39 Å². The lowest BCUT2D eigenvalue weighted by molar-refractivity contribution is 0.174. The van der Waals surface area contributed by atoms with Crippen LogP contribution >= 0.6 is 0 Å². The fourth-order valence-corrected chi connectivity index (χ4v) is 3.26. The van der Waals surface area contributed by atoms with Crippen LogP contribution in [0.5, 0.6) is 0 Å². The number of nitrogens with two attached hydrogens (primary N) is 1.